The third kappa shape index (κ3) is 5.84. The van der Waals surface area contributed by atoms with Crippen LogP contribution in [-0.4, -0.2) is 46.5 Å². The molecule has 0 aromatic heterocycles. The largest absolute Gasteiger partial charge is 0.493 e. The Labute approximate surface area is 204 Å². The van der Waals surface area contributed by atoms with Gasteiger partial charge in [0.2, 0.25) is 0 Å². The highest BCUT2D eigenvalue weighted by atomic mass is 19.1. The molecule has 0 atom stereocenters. The molecule has 1 aliphatic rings. The first kappa shape index (κ1) is 24.3. The highest BCUT2D eigenvalue weighted by Gasteiger charge is 2.20. The molecule has 184 valence electrons. The van der Waals surface area contributed by atoms with E-state index in [1.165, 1.54) is 13.2 Å². The molecule has 8 heteroatoms. The van der Waals surface area contributed by atoms with Crippen LogP contribution < -0.4 is 19.7 Å². The maximum atomic E-state index is 14.1. The summed E-state index contributed by atoms with van der Waals surface area (Å²) in [6.07, 6.45) is 0. The first-order chi connectivity index (χ1) is 17.1. The number of rotatable bonds is 9. The summed E-state index contributed by atoms with van der Waals surface area (Å²) in [4.78, 5) is 14.6. The molecule has 0 amide bonds. The van der Waals surface area contributed by atoms with Crippen LogP contribution in [0, 0.1) is 5.82 Å². The highest BCUT2D eigenvalue weighted by Crippen LogP contribution is 2.33. The molecule has 0 spiro atoms. The first-order valence-corrected chi connectivity index (χ1v) is 11.4. The molecule has 1 heterocycles. The average Bonchev–Trinajstić information content (AvgIpc) is 2.91. The smallest absolute Gasteiger partial charge is 0.340 e. The Morgan fingerprint density at radius 3 is 2.54 bits per heavy atom. The molecule has 1 fully saturated rings. The van der Waals surface area contributed by atoms with E-state index in [9.17, 15) is 9.18 Å². The number of esters is 1. The third-order valence-corrected chi connectivity index (χ3v) is 5.85. The fourth-order valence-electron chi connectivity index (χ4n) is 3.99. The van der Waals surface area contributed by atoms with Crippen molar-refractivity contribution in [3.05, 3.63) is 83.2 Å². The first-order valence-electron chi connectivity index (χ1n) is 11.4. The lowest BCUT2D eigenvalue weighted by Gasteiger charge is -2.30. The number of anilines is 2. The summed E-state index contributed by atoms with van der Waals surface area (Å²) < 4.78 is 36.0. The Kier molecular flexibility index (Phi) is 8.05. The zero-order chi connectivity index (χ0) is 24.6. The zero-order valence-electron chi connectivity index (χ0n) is 19.9. The van der Waals surface area contributed by atoms with Crippen molar-refractivity contribution < 1.29 is 28.1 Å². The monoisotopic (exact) mass is 480 g/mol. The fraction of sp³-hybridized carbons (Fsp3) is 0.296. The van der Waals surface area contributed by atoms with Crippen LogP contribution >= 0.6 is 0 Å². The van der Waals surface area contributed by atoms with Crippen molar-refractivity contribution in [1.82, 2.24) is 0 Å². The maximum absolute atomic E-state index is 14.1. The number of hydrogen-bond donors (Lipinski definition) is 1. The van der Waals surface area contributed by atoms with Gasteiger partial charge in [-0.2, -0.15) is 0 Å². The number of methoxy groups -OCH3 is 2. The predicted octanol–water partition coefficient (Wildman–Crippen LogP) is 4.65. The SMILES string of the molecule is COC(=O)c1cc(NCc2cccc(OC)c2OCc2ccccc2F)ccc1N1CCOCC1. The van der Waals surface area contributed by atoms with E-state index in [-0.39, 0.29) is 12.4 Å². The summed E-state index contributed by atoms with van der Waals surface area (Å²) in [5.41, 5.74) is 3.35. The molecule has 0 aliphatic carbocycles. The van der Waals surface area contributed by atoms with Gasteiger partial charge in [-0.1, -0.05) is 30.3 Å². The minimum atomic E-state index is -0.398. The van der Waals surface area contributed by atoms with Crippen LogP contribution in [0.5, 0.6) is 11.5 Å². The van der Waals surface area contributed by atoms with Crippen LogP contribution in [0.2, 0.25) is 0 Å². The van der Waals surface area contributed by atoms with Crippen LogP contribution in [-0.2, 0) is 22.6 Å². The Bertz CT molecular complexity index is 1160. The van der Waals surface area contributed by atoms with Crippen molar-refractivity contribution >= 4 is 17.3 Å². The molecular formula is C27H29FN2O5. The van der Waals surface area contributed by atoms with Gasteiger partial charge in [0.1, 0.15) is 12.4 Å². The van der Waals surface area contributed by atoms with Crippen LogP contribution in [0.1, 0.15) is 21.5 Å². The van der Waals surface area contributed by atoms with E-state index in [1.807, 2.05) is 24.3 Å². The molecule has 7 nitrogen and oxygen atoms in total. The van der Waals surface area contributed by atoms with Crippen molar-refractivity contribution in [2.75, 3.05) is 50.7 Å². The topological polar surface area (TPSA) is 69.3 Å². The number of morpholine rings is 1. The van der Waals surface area contributed by atoms with Crippen LogP contribution in [0.3, 0.4) is 0 Å². The van der Waals surface area contributed by atoms with Crippen molar-refractivity contribution in [1.29, 1.82) is 0 Å². The fourth-order valence-corrected chi connectivity index (χ4v) is 3.99. The number of carbonyl (C=O) groups is 1. The van der Waals surface area contributed by atoms with Gasteiger partial charge in [0, 0.05) is 36.4 Å². The molecule has 0 radical (unpaired) electrons. The van der Waals surface area contributed by atoms with Gasteiger partial charge >= 0.3 is 5.97 Å². The summed E-state index contributed by atoms with van der Waals surface area (Å²) in [6, 6.07) is 17.7. The molecule has 1 saturated heterocycles. The van der Waals surface area contributed by atoms with Gasteiger partial charge in [-0.25, -0.2) is 9.18 Å². The maximum Gasteiger partial charge on any atom is 0.340 e. The number of para-hydroxylation sites is 1. The molecular weight excluding hydrogens is 451 g/mol. The molecule has 1 N–H and O–H groups in total. The molecule has 3 aromatic rings. The van der Waals surface area contributed by atoms with Gasteiger partial charge in [-0.05, 0) is 30.3 Å². The summed E-state index contributed by atoms with van der Waals surface area (Å²) in [5.74, 6) is 0.366. The lowest BCUT2D eigenvalue weighted by Crippen LogP contribution is -2.37. The lowest BCUT2D eigenvalue weighted by molar-refractivity contribution is 0.0600. The van der Waals surface area contributed by atoms with Crippen LogP contribution in [0.25, 0.3) is 0 Å². The van der Waals surface area contributed by atoms with E-state index in [4.69, 9.17) is 18.9 Å². The Morgan fingerprint density at radius 1 is 1.03 bits per heavy atom. The molecule has 4 rings (SSSR count). The Hall–Kier alpha value is -3.78. The van der Waals surface area contributed by atoms with Gasteiger partial charge in [0.05, 0.1) is 38.7 Å². The molecule has 35 heavy (non-hydrogen) atoms. The quantitative estimate of drug-likeness (QED) is 0.447. The lowest BCUT2D eigenvalue weighted by atomic mass is 10.1. The number of halogens is 1. The number of nitrogens with one attached hydrogen (secondary N) is 1. The highest BCUT2D eigenvalue weighted by molar-refractivity contribution is 5.97. The van der Waals surface area contributed by atoms with Crippen molar-refractivity contribution in [2.24, 2.45) is 0 Å². The number of hydrogen-bond acceptors (Lipinski definition) is 7. The van der Waals surface area contributed by atoms with Crippen LogP contribution in [0.15, 0.2) is 60.7 Å². The van der Waals surface area contributed by atoms with E-state index in [0.29, 0.717) is 55.5 Å². The standard InChI is InChI=1S/C27H29FN2O5/c1-32-25-9-5-7-19(26(25)35-18-20-6-3-4-8-23(20)28)17-29-21-10-11-24(22(16-21)27(31)33-2)30-12-14-34-15-13-30/h3-11,16,29H,12-15,17-18H2,1-2H3. The third-order valence-electron chi connectivity index (χ3n) is 5.85. The molecule has 1 aliphatic heterocycles. The summed E-state index contributed by atoms with van der Waals surface area (Å²) >= 11 is 0. The minimum Gasteiger partial charge on any atom is -0.493 e. The predicted molar refractivity (Wildman–Crippen MR) is 132 cm³/mol. The molecule has 0 unspecified atom stereocenters. The molecule has 0 bridgehead atoms. The summed E-state index contributed by atoms with van der Waals surface area (Å²) in [6.45, 7) is 3.13. The Balaban J connectivity index is 1.53. The van der Waals surface area contributed by atoms with E-state index in [2.05, 4.69) is 10.2 Å². The number of ether oxygens (including phenoxy) is 4. The van der Waals surface area contributed by atoms with Gasteiger partial charge in [0.15, 0.2) is 11.5 Å². The van der Waals surface area contributed by atoms with Gasteiger partial charge in [-0.15, -0.1) is 0 Å². The second-order valence-electron chi connectivity index (χ2n) is 8.01. The Morgan fingerprint density at radius 2 is 1.80 bits per heavy atom. The normalized spacial score (nSPS) is 13.3. The second-order valence-corrected chi connectivity index (χ2v) is 8.01. The number of benzene rings is 3. The van der Waals surface area contributed by atoms with E-state index in [0.717, 1.165) is 16.9 Å². The minimum absolute atomic E-state index is 0.0702. The van der Waals surface area contributed by atoms with Gasteiger partial charge in [-0.3, -0.25) is 0 Å². The zero-order valence-corrected chi connectivity index (χ0v) is 19.9. The summed E-state index contributed by atoms with van der Waals surface area (Å²) in [5, 5.41) is 3.35. The van der Waals surface area contributed by atoms with Gasteiger partial charge in [0.25, 0.3) is 0 Å². The molecule has 3 aromatic carbocycles. The van der Waals surface area contributed by atoms with E-state index < -0.39 is 5.97 Å². The second kappa shape index (κ2) is 11.6. The van der Waals surface area contributed by atoms with E-state index in [1.54, 1.807) is 37.4 Å². The summed E-state index contributed by atoms with van der Waals surface area (Å²) in [7, 11) is 2.94. The van der Waals surface area contributed by atoms with Gasteiger partial charge < -0.3 is 29.2 Å². The number of carbonyl (C=O) groups excluding carboxylic acids is 1. The van der Waals surface area contributed by atoms with Crippen LogP contribution in [0.4, 0.5) is 15.8 Å². The number of nitrogens with zero attached hydrogens (tertiary/aromatic N) is 1. The van der Waals surface area contributed by atoms with Crippen molar-refractivity contribution in [3.63, 3.8) is 0 Å². The molecule has 0 saturated carbocycles. The van der Waals surface area contributed by atoms with Crippen molar-refractivity contribution in [2.45, 2.75) is 13.2 Å². The van der Waals surface area contributed by atoms with E-state index >= 15 is 0 Å². The van der Waals surface area contributed by atoms with Crippen molar-refractivity contribution in [3.8, 4) is 11.5 Å². The average molecular weight is 481 g/mol.